The summed E-state index contributed by atoms with van der Waals surface area (Å²) in [6, 6.07) is 12.3. The van der Waals surface area contributed by atoms with Crippen molar-refractivity contribution in [1.29, 1.82) is 5.26 Å². The third-order valence-electron chi connectivity index (χ3n) is 4.80. The van der Waals surface area contributed by atoms with Gasteiger partial charge in [0.15, 0.2) is 17.0 Å². The smallest absolute Gasteiger partial charge is 0.178 e. The molecule has 0 unspecified atom stereocenters. The Labute approximate surface area is 164 Å². The van der Waals surface area contributed by atoms with E-state index in [-0.39, 0.29) is 11.5 Å². The zero-order chi connectivity index (χ0) is 20.0. The number of nitriles is 1. The van der Waals surface area contributed by atoms with Crippen LogP contribution in [0.15, 0.2) is 55.0 Å². The number of rotatable bonds is 3. The number of nitrogens with zero attached hydrogens (tertiary/aromatic N) is 7. The zero-order valence-electron chi connectivity index (χ0n) is 15.4. The lowest BCUT2D eigenvalue weighted by molar-refractivity contribution is 0.623. The molecular weight excluding hydrogens is 369 g/mol. The molecule has 140 valence electrons. The molecule has 4 aromatic heterocycles. The Morgan fingerprint density at radius 3 is 2.83 bits per heavy atom. The molecule has 0 radical (unpaired) electrons. The maximum absolute atomic E-state index is 13.6. The van der Waals surface area contributed by atoms with E-state index < -0.39 is 0 Å². The van der Waals surface area contributed by atoms with Crippen LogP contribution in [0.5, 0.6) is 0 Å². The van der Waals surface area contributed by atoms with E-state index in [0.717, 1.165) is 22.6 Å². The molecule has 0 amide bonds. The Morgan fingerprint density at radius 2 is 2.00 bits per heavy atom. The van der Waals surface area contributed by atoms with Crippen LogP contribution < -0.4 is 0 Å². The maximum atomic E-state index is 13.6. The van der Waals surface area contributed by atoms with Gasteiger partial charge in [0, 0.05) is 12.7 Å². The minimum atomic E-state index is -0.269. The first-order valence-electron chi connectivity index (χ1n) is 8.94. The van der Waals surface area contributed by atoms with Crippen LogP contribution >= 0.6 is 0 Å². The molecule has 0 aliphatic rings. The van der Waals surface area contributed by atoms with Gasteiger partial charge in [0.2, 0.25) is 0 Å². The Balaban J connectivity index is 1.65. The number of hydrogen-bond acceptors (Lipinski definition) is 5. The van der Waals surface area contributed by atoms with Crippen LogP contribution in [0.25, 0.3) is 28.0 Å². The average molecular weight is 383 g/mol. The molecule has 0 aliphatic carbocycles. The Kier molecular flexibility index (Phi) is 3.81. The number of imidazole rings is 1. The van der Waals surface area contributed by atoms with E-state index in [0.29, 0.717) is 23.4 Å². The van der Waals surface area contributed by atoms with Gasteiger partial charge in [-0.2, -0.15) is 5.26 Å². The predicted molar refractivity (Wildman–Crippen MR) is 105 cm³/mol. The molecule has 0 saturated carbocycles. The van der Waals surface area contributed by atoms with Crippen LogP contribution in [0.1, 0.15) is 17.1 Å². The van der Waals surface area contributed by atoms with Crippen LogP contribution in [0.2, 0.25) is 0 Å². The summed E-state index contributed by atoms with van der Waals surface area (Å²) in [5, 5.41) is 9.12. The van der Waals surface area contributed by atoms with Crippen LogP contribution in [0, 0.1) is 24.1 Å². The van der Waals surface area contributed by atoms with Crippen molar-refractivity contribution in [1.82, 2.24) is 29.1 Å². The van der Waals surface area contributed by atoms with Gasteiger partial charge in [-0.1, -0.05) is 12.1 Å². The second kappa shape index (κ2) is 6.49. The van der Waals surface area contributed by atoms with Crippen molar-refractivity contribution < 1.29 is 4.39 Å². The first kappa shape index (κ1) is 17.0. The fourth-order valence-electron chi connectivity index (χ4n) is 3.42. The number of halogens is 1. The maximum Gasteiger partial charge on any atom is 0.178 e. The molecule has 7 nitrogen and oxygen atoms in total. The van der Waals surface area contributed by atoms with E-state index in [1.54, 1.807) is 12.3 Å². The SMILES string of the molecule is Cc1nc2ncc(-n3ccc4ncc(C#N)nc43)cc2n1Cc1cccc(F)c1. The summed E-state index contributed by atoms with van der Waals surface area (Å²) in [6.07, 6.45) is 5.00. The molecule has 0 fully saturated rings. The topological polar surface area (TPSA) is 85.2 Å². The van der Waals surface area contributed by atoms with E-state index >= 15 is 0 Å². The molecular formula is C21H14FN7. The molecule has 4 heterocycles. The summed E-state index contributed by atoms with van der Waals surface area (Å²) in [4.78, 5) is 17.6. The molecule has 5 aromatic rings. The average Bonchev–Trinajstić information content (AvgIpc) is 3.28. The fraction of sp³-hybridized carbons (Fsp3) is 0.0952. The highest BCUT2D eigenvalue weighted by atomic mass is 19.1. The second-order valence-electron chi connectivity index (χ2n) is 6.67. The predicted octanol–water partition coefficient (Wildman–Crippen LogP) is 3.53. The van der Waals surface area contributed by atoms with Gasteiger partial charge in [-0.05, 0) is 36.8 Å². The van der Waals surface area contributed by atoms with E-state index in [9.17, 15) is 4.39 Å². The van der Waals surface area contributed by atoms with Crippen molar-refractivity contribution in [2.24, 2.45) is 0 Å². The summed E-state index contributed by atoms with van der Waals surface area (Å²) in [7, 11) is 0. The summed E-state index contributed by atoms with van der Waals surface area (Å²) >= 11 is 0. The molecule has 0 atom stereocenters. The molecule has 8 heteroatoms. The number of aryl methyl sites for hydroxylation is 1. The normalized spacial score (nSPS) is 11.2. The zero-order valence-corrected chi connectivity index (χ0v) is 15.4. The van der Waals surface area contributed by atoms with Crippen molar-refractivity contribution in [3.05, 3.63) is 77.9 Å². The quantitative estimate of drug-likeness (QED) is 0.476. The van der Waals surface area contributed by atoms with Crippen LogP contribution in [0.3, 0.4) is 0 Å². The van der Waals surface area contributed by atoms with Crippen molar-refractivity contribution in [3.63, 3.8) is 0 Å². The molecule has 0 spiro atoms. The molecule has 0 aliphatic heterocycles. The highest BCUT2D eigenvalue weighted by Gasteiger charge is 2.13. The van der Waals surface area contributed by atoms with E-state index in [4.69, 9.17) is 5.26 Å². The van der Waals surface area contributed by atoms with Gasteiger partial charge >= 0.3 is 0 Å². The third-order valence-corrected chi connectivity index (χ3v) is 4.80. The lowest BCUT2D eigenvalue weighted by Crippen LogP contribution is -2.03. The third kappa shape index (κ3) is 2.89. The molecule has 5 rings (SSSR count). The standard InChI is InChI=1S/C21H14FN7/c1-13-26-20-19(29(13)12-14-3-2-4-15(22)7-14)8-17(11-25-20)28-6-5-18-21(28)27-16(9-23)10-24-18/h2-8,10-11H,12H2,1H3. The minimum Gasteiger partial charge on any atom is -0.322 e. The van der Waals surface area contributed by atoms with Gasteiger partial charge in [0.1, 0.15) is 23.2 Å². The summed E-state index contributed by atoms with van der Waals surface area (Å²) in [5.74, 6) is 0.520. The first-order valence-corrected chi connectivity index (χ1v) is 8.94. The van der Waals surface area contributed by atoms with Crippen LogP contribution in [-0.4, -0.2) is 29.1 Å². The molecule has 29 heavy (non-hydrogen) atoms. The minimum absolute atomic E-state index is 0.249. The van der Waals surface area contributed by atoms with Gasteiger partial charge in [0.05, 0.1) is 23.6 Å². The second-order valence-corrected chi connectivity index (χ2v) is 6.67. The first-order chi connectivity index (χ1) is 14.1. The highest BCUT2D eigenvalue weighted by molar-refractivity contribution is 5.78. The van der Waals surface area contributed by atoms with Gasteiger partial charge in [-0.3, -0.25) is 4.57 Å². The molecule has 1 aromatic carbocycles. The van der Waals surface area contributed by atoms with Gasteiger partial charge < -0.3 is 4.57 Å². The summed E-state index contributed by atoms with van der Waals surface area (Å²) in [6.45, 7) is 2.38. The fourth-order valence-corrected chi connectivity index (χ4v) is 3.42. The van der Waals surface area contributed by atoms with Gasteiger partial charge in [-0.25, -0.2) is 24.3 Å². The van der Waals surface area contributed by atoms with Crippen LogP contribution in [0.4, 0.5) is 4.39 Å². The monoisotopic (exact) mass is 383 g/mol. The molecule has 0 saturated heterocycles. The van der Waals surface area contributed by atoms with Crippen LogP contribution in [-0.2, 0) is 6.54 Å². The van der Waals surface area contributed by atoms with Gasteiger partial charge in [-0.15, -0.1) is 0 Å². The Hall–Kier alpha value is -4.12. The van der Waals surface area contributed by atoms with E-state index in [1.165, 1.54) is 18.3 Å². The van der Waals surface area contributed by atoms with E-state index in [2.05, 4.69) is 19.9 Å². The lowest BCUT2D eigenvalue weighted by atomic mass is 10.2. The Morgan fingerprint density at radius 1 is 1.10 bits per heavy atom. The molecule has 0 N–H and O–H groups in total. The number of benzene rings is 1. The van der Waals surface area contributed by atoms with Gasteiger partial charge in [0.25, 0.3) is 0 Å². The van der Waals surface area contributed by atoms with Crippen molar-refractivity contribution in [3.8, 4) is 11.8 Å². The number of fused-ring (bicyclic) bond motifs is 2. The number of aromatic nitrogens is 6. The summed E-state index contributed by atoms with van der Waals surface area (Å²) < 4.78 is 17.4. The van der Waals surface area contributed by atoms with E-state index in [1.807, 2.05) is 46.5 Å². The molecule has 0 bridgehead atoms. The van der Waals surface area contributed by atoms with Crippen molar-refractivity contribution in [2.75, 3.05) is 0 Å². The number of hydrogen-bond donors (Lipinski definition) is 0. The van der Waals surface area contributed by atoms with Crippen molar-refractivity contribution in [2.45, 2.75) is 13.5 Å². The largest absolute Gasteiger partial charge is 0.322 e. The Bertz CT molecular complexity index is 1420. The van der Waals surface area contributed by atoms with Crippen molar-refractivity contribution >= 4 is 22.3 Å². The highest BCUT2D eigenvalue weighted by Crippen LogP contribution is 2.22. The lowest BCUT2D eigenvalue weighted by Gasteiger charge is -2.09. The summed E-state index contributed by atoms with van der Waals surface area (Å²) in [5.41, 5.74) is 4.58. The number of pyridine rings is 1.